The number of H-pyrrole nitrogens is 1. The summed E-state index contributed by atoms with van der Waals surface area (Å²) in [4.78, 5) is 32.4. The van der Waals surface area contributed by atoms with Gasteiger partial charge in [0.25, 0.3) is 5.91 Å². The smallest absolute Gasteiger partial charge is 0.338 e. The Morgan fingerprint density at radius 1 is 1.48 bits per heavy atom. The number of aromatic amines is 1. The molecule has 10 heteroatoms. The number of carbonyl (C=O) groups excluding carboxylic acids is 1. The van der Waals surface area contributed by atoms with Gasteiger partial charge in [0.15, 0.2) is 16.8 Å². The molecule has 1 aliphatic heterocycles. The molecule has 0 radical (unpaired) electrons. The topological polar surface area (TPSA) is 108 Å². The largest absolute Gasteiger partial charge is 0.478 e. The normalized spacial score (nSPS) is 19.2. The molecule has 2 heterocycles. The molecule has 2 aromatic rings. The number of imidazole rings is 1. The van der Waals surface area contributed by atoms with Crippen molar-refractivity contribution in [2.24, 2.45) is 0 Å². The van der Waals surface area contributed by atoms with Gasteiger partial charge in [-0.15, -0.1) is 0 Å². The molecule has 8 nitrogen and oxygen atoms in total. The minimum Gasteiger partial charge on any atom is -0.478 e. The van der Waals surface area contributed by atoms with Crippen LogP contribution in [0.15, 0.2) is 18.2 Å². The lowest BCUT2D eigenvalue weighted by molar-refractivity contribution is 0.0536. The number of carboxylic acids is 1. The second kappa shape index (κ2) is 8.79. The highest BCUT2D eigenvalue weighted by Gasteiger charge is 2.33. The van der Waals surface area contributed by atoms with Crippen molar-refractivity contribution < 1.29 is 23.8 Å². The van der Waals surface area contributed by atoms with Gasteiger partial charge < -0.3 is 25.0 Å². The fourth-order valence-electron chi connectivity index (χ4n) is 3.44. The summed E-state index contributed by atoms with van der Waals surface area (Å²) in [6.07, 6.45) is 0.687. The van der Waals surface area contributed by atoms with Gasteiger partial charge in [0.2, 0.25) is 0 Å². The van der Waals surface area contributed by atoms with E-state index in [1.54, 1.807) is 4.90 Å². The van der Waals surface area contributed by atoms with Crippen LogP contribution in [-0.2, 0) is 11.2 Å². The molecule has 0 bridgehead atoms. The lowest BCUT2D eigenvalue weighted by Crippen LogP contribution is -2.55. The van der Waals surface area contributed by atoms with E-state index >= 15 is 0 Å². The van der Waals surface area contributed by atoms with Crippen LogP contribution in [0, 0.1) is 5.82 Å². The number of piperidine rings is 1. The first-order chi connectivity index (χ1) is 13.8. The molecule has 2 atom stereocenters. The number of benzene rings is 1. The Morgan fingerprint density at radius 3 is 2.86 bits per heavy atom. The van der Waals surface area contributed by atoms with Gasteiger partial charge in [0.1, 0.15) is 0 Å². The zero-order valence-electron chi connectivity index (χ0n) is 16.0. The number of aromatic nitrogens is 2. The number of halogens is 2. The standard InChI is InChI=1S/C19H22ClFN4O4/c1-3-11-16(20)24-17(22-11)18(26)23-12-7-8-25(9-14(12)29-2)13-6-4-5-10(15(13)21)19(27)28/h4-6,12,14H,3,7-9H2,1-2H3,(H,22,24)(H,23,26)(H,27,28)/t12-,14+/m1/s1. The van der Waals surface area contributed by atoms with E-state index in [-0.39, 0.29) is 28.3 Å². The van der Waals surface area contributed by atoms with Crippen LogP contribution in [0.25, 0.3) is 0 Å². The monoisotopic (exact) mass is 424 g/mol. The molecule has 1 fully saturated rings. The average Bonchev–Trinajstić information content (AvgIpc) is 3.09. The summed E-state index contributed by atoms with van der Waals surface area (Å²) in [5, 5.41) is 12.3. The second-order valence-electron chi connectivity index (χ2n) is 6.74. The SMILES string of the molecule is CCc1[nH]c(C(=O)N[C@@H]2CCN(c3cccc(C(=O)O)c3F)C[C@@H]2OC)nc1Cl. The van der Waals surface area contributed by atoms with Crippen LogP contribution in [0.5, 0.6) is 0 Å². The van der Waals surface area contributed by atoms with Gasteiger partial charge >= 0.3 is 5.97 Å². The van der Waals surface area contributed by atoms with Crippen molar-refractivity contribution in [3.63, 3.8) is 0 Å². The lowest BCUT2D eigenvalue weighted by Gasteiger charge is -2.39. The highest BCUT2D eigenvalue weighted by atomic mass is 35.5. The Labute approximate surface area is 172 Å². The van der Waals surface area contributed by atoms with Crippen molar-refractivity contribution in [1.82, 2.24) is 15.3 Å². The third-order valence-electron chi connectivity index (χ3n) is 5.02. The van der Waals surface area contributed by atoms with Gasteiger partial charge in [0.05, 0.1) is 29.1 Å². The molecule has 29 heavy (non-hydrogen) atoms. The quantitative estimate of drug-likeness (QED) is 0.657. The van der Waals surface area contributed by atoms with Crippen LogP contribution in [0.1, 0.15) is 40.0 Å². The lowest BCUT2D eigenvalue weighted by atomic mass is 10.00. The minimum atomic E-state index is -1.32. The summed E-state index contributed by atoms with van der Waals surface area (Å²) in [6, 6.07) is 3.94. The maximum Gasteiger partial charge on any atom is 0.338 e. The minimum absolute atomic E-state index is 0.129. The van der Waals surface area contributed by atoms with Crippen molar-refractivity contribution in [1.29, 1.82) is 0 Å². The third kappa shape index (κ3) is 4.35. The number of aryl methyl sites for hydroxylation is 1. The molecule has 0 spiro atoms. The number of methoxy groups -OCH3 is 1. The Bertz CT molecular complexity index is 920. The molecule has 3 N–H and O–H groups in total. The van der Waals surface area contributed by atoms with Crippen LogP contribution < -0.4 is 10.2 Å². The zero-order chi connectivity index (χ0) is 21.1. The summed E-state index contributed by atoms with van der Waals surface area (Å²) in [5.41, 5.74) is 0.499. The van der Waals surface area contributed by atoms with Crippen molar-refractivity contribution >= 4 is 29.2 Å². The fraction of sp³-hybridized carbons (Fsp3) is 0.421. The van der Waals surface area contributed by atoms with Gasteiger partial charge in [0, 0.05) is 20.2 Å². The first kappa shape index (κ1) is 21.1. The summed E-state index contributed by atoms with van der Waals surface area (Å²) in [7, 11) is 1.51. The van der Waals surface area contributed by atoms with E-state index < -0.39 is 23.8 Å². The van der Waals surface area contributed by atoms with Crippen LogP contribution >= 0.6 is 11.6 Å². The first-order valence-corrected chi connectivity index (χ1v) is 9.58. The van der Waals surface area contributed by atoms with Crippen LogP contribution in [0.4, 0.5) is 10.1 Å². The highest BCUT2D eigenvalue weighted by molar-refractivity contribution is 6.30. The molecular weight excluding hydrogens is 403 g/mol. The fourth-order valence-corrected chi connectivity index (χ4v) is 3.70. The van der Waals surface area contributed by atoms with Gasteiger partial charge in [-0.05, 0) is 25.0 Å². The predicted molar refractivity (Wildman–Crippen MR) is 105 cm³/mol. The number of rotatable bonds is 6. The van der Waals surface area contributed by atoms with E-state index in [9.17, 15) is 14.0 Å². The summed E-state index contributed by atoms with van der Waals surface area (Å²) >= 11 is 5.99. The zero-order valence-corrected chi connectivity index (χ0v) is 16.8. The van der Waals surface area contributed by atoms with Crippen molar-refractivity contribution in [2.75, 3.05) is 25.1 Å². The van der Waals surface area contributed by atoms with Gasteiger partial charge in [-0.25, -0.2) is 14.2 Å². The molecule has 0 aliphatic carbocycles. The molecule has 156 valence electrons. The number of hydrogen-bond acceptors (Lipinski definition) is 5. The predicted octanol–water partition coefficient (Wildman–Crippen LogP) is 2.49. The van der Waals surface area contributed by atoms with Gasteiger partial charge in [-0.3, -0.25) is 4.79 Å². The molecule has 1 amide bonds. The van der Waals surface area contributed by atoms with E-state index in [4.69, 9.17) is 21.4 Å². The van der Waals surface area contributed by atoms with Gasteiger partial charge in [-0.2, -0.15) is 0 Å². The maximum absolute atomic E-state index is 14.6. The van der Waals surface area contributed by atoms with Crippen molar-refractivity contribution in [3.05, 3.63) is 46.3 Å². The molecule has 1 aliphatic rings. The Morgan fingerprint density at radius 2 is 2.24 bits per heavy atom. The second-order valence-corrected chi connectivity index (χ2v) is 7.10. The molecule has 1 aromatic heterocycles. The summed E-state index contributed by atoms with van der Waals surface area (Å²) in [5.74, 6) is -2.37. The average molecular weight is 425 g/mol. The number of nitrogens with one attached hydrogen (secondary N) is 2. The number of ether oxygens (including phenoxy) is 1. The molecule has 1 saturated heterocycles. The number of aromatic carboxylic acids is 1. The van der Waals surface area contributed by atoms with Crippen LogP contribution in [0.3, 0.4) is 0 Å². The van der Waals surface area contributed by atoms with Crippen LogP contribution in [0.2, 0.25) is 5.15 Å². The number of carbonyl (C=O) groups is 2. The number of nitrogens with zero attached hydrogens (tertiary/aromatic N) is 2. The number of anilines is 1. The Balaban J connectivity index is 1.72. The van der Waals surface area contributed by atoms with Crippen molar-refractivity contribution in [3.8, 4) is 0 Å². The summed E-state index contributed by atoms with van der Waals surface area (Å²) in [6.45, 7) is 2.61. The van der Waals surface area contributed by atoms with Crippen LogP contribution in [-0.4, -0.2) is 59.3 Å². The van der Waals surface area contributed by atoms with E-state index in [0.717, 1.165) is 0 Å². The molecule has 1 aromatic carbocycles. The van der Waals surface area contributed by atoms with E-state index in [0.29, 0.717) is 31.6 Å². The summed E-state index contributed by atoms with van der Waals surface area (Å²) < 4.78 is 20.1. The Hall–Kier alpha value is -2.65. The van der Waals surface area contributed by atoms with E-state index in [2.05, 4.69) is 15.3 Å². The highest BCUT2D eigenvalue weighted by Crippen LogP contribution is 2.26. The number of carboxylic acid groups (broad SMARTS) is 1. The first-order valence-electron chi connectivity index (χ1n) is 9.20. The van der Waals surface area contributed by atoms with Crippen molar-refractivity contribution in [2.45, 2.75) is 31.9 Å². The molecular formula is C19H22ClFN4O4. The number of amides is 1. The molecule has 0 saturated carbocycles. The third-order valence-corrected chi connectivity index (χ3v) is 5.34. The van der Waals surface area contributed by atoms with Gasteiger partial charge in [-0.1, -0.05) is 24.6 Å². The van der Waals surface area contributed by atoms with E-state index in [1.165, 1.54) is 25.3 Å². The number of hydrogen-bond donors (Lipinski definition) is 3. The molecule has 3 rings (SSSR count). The maximum atomic E-state index is 14.6. The Kier molecular flexibility index (Phi) is 6.39. The van der Waals surface area contributed by atoms with E-state index in [1.807, 2.05) is 6.92 Å². The molecule has 0 unspecified atom stereocenters.